The van der Waals surface area contributed by atoms with Crippen LogP contribution in [0.5, 0.6) is 11.5 Å². The van der Waals surface area contributed by atoms with Gasteiger partial charge in [-0.3, -0.25) is 4.79 Å². The molecule has 0 saturated heterocycles. The predicted octanol–water partition coefficient (Wildman–Crippen LogP) is 5.66. The van der Waals surface area contributed by atoms with Crippen molar-refractivity contribution in [2.75, 3.05) is 0 Å². The first-order valence-corrected chi connectivity index (χ1v) is 8.05. The monoisotopic (exact) mass is 397 g/mol. The molecule has 0 saturated carbocycles. The van der Waals surface area contributed by atoms with E-state index in [1.54, 1.807) is 30.3 Å². The van der Waals surface area contributed by atoms with Crippen molar-refractivity contribution in [1.82, 2.24) is 4.57 Å². The molecule has 27 heavy (non-hydrogen) atoms. The first kappa shape index (κ1) is 19.0. The quantitative estimate of drug-likeness (QED) is 0.534. The fraction of sp³-hybridized carbons (Fsp3) is 0.105. The molecule has 3 nitrogen and oxygen atoms in total. The first-order chi connectivity index (χ1) is 12.7. The Morgan fingerprint density at radius 2 is 1.70 bits per heavy atom. The Labute approximate surface area is 156 Å². The summed E-state index contributed by atoms with van der Waals surface area (Å²) in [5, 5.41) is -0.0381. The van der Waals surface area contributed by atoms with Crippen LogP contribution in [0.3, 0.4) is 0 Å². The van der Waals surface area contributed by atoms with Gasteiger partial charge in [0.25, 0.3) is 0 Å². The van der Waals surface area contributed by atoms with Gasteiger partial charge >= 0.3 is 6.18 Å². The summed E-state index contributed by atoms with van der Waals surface area (Å²) in [6.07, 6.45) is -3.77. The molecule has 0 N–H and O–H groups in total. The zero-order chi connectivity index (χ0) is 19.8. The minimum Gasteiger partial charge on any atom is -0.456 e. The molecule has 3 aromatic rings. The summed E-state index contributed by atoms with van der Waals surface area (Å²) in [6, 6.07) is 11.1. The summed E-state index contributed by atoms with van der Waals surface area (Å²) >= 11 is 6.00. The fourth-order valence-corrected chi connectivity index (χ4v) is 2.73. The standard InChI is InChI=1S/C19H12ClF4NO2/c1-25-10-13(16(26)9-18(25)19(22,23)24)12-7-17(14(20)8-15(12)21)27-11-5-3-2-4-6-11/h2-10H,1H3. The topological polar surface area (TPSA) is 31.2 Å². The molecule has 0 radical (unpaired) electrons. The van der Waals surface area contributed by atoms with Crippen molar-refractivity contribution in [2.45, 2.75) is 6.18 Å². The number of ether oxygens (including phenoxy) is 1. The number of rotatable bonds is 3. The summed E-state index contributed by atoms with van der Waals surface area (Å²) in [7, 11) is 1.13. The number of nitrogens with zero attached hydrogens (tertiary/aromatic N) is 1. The van der Waals surface area contributed by atoms with Crippen LogP contribution in [0.2, 0.25) is 5.02 Å². The lowest BCUT2D eigenvalue weighted by Gasteiger charge is -2.15. The summed E-state index contributed by atoms with van der Waals surface area (Å²) in [6.45, 7) is 0. The number of para-hydroxylation sites is 1. The highest BCUT2D eigenvalue weighted by Crippen LogP contribution is 2.35. The molecule has 8 heteroatoms. The third-order valence-electron chi connectivity index (χ3n) is 3.81. The normalized spacial score (nSPS) is 11.5. The number of pyridine rings is 1. The van der Waals surface area contributed by atoms with Crippen molar-refractivity contribution in [2.24, 2.45) is 7.05 Å². The largest absolute Gasteiger partial charge is 0.456 e. The second kappa shape index (κ2) is 7.08. The van der Waals surface area contributed by atoms with Crippen molar-refractivity contribution < 1.29 is 22.3 Å². The van der Waals surface area contributed by atoms with Gasteiger partial charge in [-0.15, -0.1) is 0 Å². The number of hydrogen-bond acceptors (Lipinski definition) is 2. The number of benzene rings is 2. The van der Waals surface area contributed by atoms with Crippen molar-refractivity contribution in [1.29, 1.82) is 0 Å². The molecule has 0 amide bonds. The van der Waals surface area contributed by atoms with Gasteiger partial charge in [0.2, 0.25) is 0 Å². The maximum atomic E-state index is 14.4. The third kappa shape index (κ3) is 3.98. The maximum absolute atomic E-state index is 14.4. The smallest absolute Gasteiger partial charge is 0.431 e. The predicted molar refractivity (Wildman–Crippen MR) is 93.6 cm³/mol. The number of aryl methyl sites for hydroxylation is 1. The molecule has 0 aliphatic carbocycles. The zero-order valence-electron chi connectivity index (χ0n) is 13.8. The van der Waals surface area contributed by atoms with Gasteiger partial charge in [0.05, 0.1) is 5.02 Å². The molecule has 3 rings (SSSR count). The van der Waals surface area contributed by atoms with Crippen LogP contribution >= 0.6 is 11.6 Å². The van der Waals surface area contributed by atoms with E-state index in [0.717, 1.165) is 23.9 Å². The van der Waals surface area contributed by atoms with Gasteiger partial charge in [-0.05, 0) is 24.3 Å². The Bertz CT molecular complexity index is 1050. The lowest BCUT2D eigenvalue weighted by atomic mass is 10.1. The van der Waals surface area contributed by atoms with E-state index in [-0.39, 0.29) is 21.9 Å². The Kier molecular flexibility index (Phi) is 4.97. The number of halogens is 5. The average molecular weight is 398 g/mol. The van der Waals surface area contributed by atoms with E-state index in [2.05, 4.69) is 0 Å². The average Bonchev–Trinajstić information content (AvgIpc) is 2.59. The molecule has 2 aromatic carbocycles. The first-order valence-electron chi connectivity index (χ1n) is 7.67. The third-order valence-corrected chi connectivity index (χ3v) is 4.10. The lowest BCUT2D eigenvalue weighted by molar-refractivity contribution is -0.143. The molecule has 0 aliphatic heterocycles. The molecule has 0 aliphatic rings. The molecule has 0 fully saturated rings. The molecule has 0 atom stereocenters. The number of alkyl halides is 3. The molecule has 0 bridgehead atoms. The van der Waals surface area contributed by atoms with Gasteiger partial charge in [0.1, 0.15) is 23.0 Å². The summed E-state index contributed by atoms with van der Waals surface area (Å²) in [4.78, 5) is 12.2. The van der Waals surface area contributed by atoms with E-state index in [1.807, 2.05) is 0 Å². The van der Waals surface area contributed by atoms with Crippen LogP contribution in [0, 0.1) is 5.82 Å². The molecular formula is C19H12ClF4NO2. The second-order valence-corrected chi connectivity index (χ2v) is 6.13. The minimum absolute atomic E-state index is 0.0381. The van der Waals surface area contributed by atoms with E-state index in [1.165, 1.54) is 6.07 Å². The van der Waals surface area contributed by atoms with E-state index < -0.39 is 23.1 Å². The van der Waals surface area contributed by atoms with Gasteiger partial charge in [-0.25, -0.2) is 4.39 Å². The Morgan fingerprint density at radius 3 is 2.33 bits per heavy atom. The van der Waals surface area contributed by atoms with Gasteiger partial charge < -0.3 is 9.30 Å². The Balaban J connectivity index is 2.11. The zero-order valence-corrected chi connectivity index (χ0v) is 14.6. The molecular weight excluding hydrogens is 386 g/mol. The SMILES string of the molecule is Cn1cc(-c2cc(Oc3ccccc3)c(Cl)cc2F)c(=O)cc1C(F)(F)F. The molecule has 0 spiro atoms. The summed E-state index contributed by atoms with van der Waals surface area (Å²) in [5.74, 6) is -0.351. The molecule has 140 valence electrons. The van der Waals surface area contributed by atoms with Gasteiger partial charge in [-0.1, -0.05) is 29.8 Å². The van der Waals surface area contributed by atoms with Crippen LogP contribution in [-0.2, 0) is 13.2 Å². The van der Waals surface area contributed by atoms with Crippen LogP contribution in [0.1, 0.15) is 5.69 Å². The van der Waals surface area contributed by atoms with Crippen molar-refractivity contribution >= 4 is 11.6 Å². The molecule has 1 heterocycles. The van der Waals surface area contributed by atoms with Crippen LogP contribution in [-0.4, -0.2) is 4.57 Å². The highest BCUT2D eigenvalue weighted by Gasteiger charge is 2.34. The second-order valence-electron chi connectivity index (χ2n) is 5.72. The van der Waals surface area contributed by atoms with E-state index in [9.17, 15) is 22.4 Å². The van der Waals surface area contributed by atoms with E-state index in [0.29, 0.717) is 11.8 Å². The number of aromatic nitrogens is 1. The van der Waals surface area contributed by atoms with Crippen molar-refractivity contribution in [3.8, 4) is 22.6 Å². The van der Waals surface area contributed by atoms with Crippen LogP contribution < -0.4 is 10.2 Å². The number of hydrogen-bond donors (Lipinski definition) is 0. The highest BCUT2D eigenvalue weighted by molar-refractivity contribution is 6.32. The van der Waals surface area contributed by atoms with Crippen LogP contribution in [0.25, 0.3) is 11.1 Å². The van der Waals surface area contributed by atoms with Crippen molar-refractivity contribution in [3.05, 3.63) is 81.5 Å². The molecule has 1 aromatic heterocycles. The van der Waals surface area contributed by atoms with Gasteiger partial charge in [-0.2, -0.15) is 13.2 Å². The van der Waals surface area contributed by atoms with Crippen LogP contribution in [0.15, 0.2) is 59.5 Å². The lowest BCUT2D eigenvalue weighted by Crippen LogP contribution is -2.19. The van der Waals surface area contributed by atoms with E-state index in [4.69, 9.17) is 16.3 Å². The highest BCUT2D eigenvalue weighted by atomic mass is 35.5. The van der Waals surface area contributed by atoms with Crippen molar-refractivity contribution in [3.63, 3.8) is 0 Å². The van der Waals surface area contributed by atoms with Crippen LogP contribution in [0.4, 0.5) is 17.6 Å². The van der Waals surface area contributed by atoms with Gasteiger partial charge in [0.15, 0.2) is 5.43 Å². The van der Waals surface area contributed by atoms with E-state index >= 15 is 0 Å². The Morgan fingerprint density at radius 1 is 1.04 bits per heavy atom. The minimum atomic E-state index is -4.70. The van der Waals surface area contributed by atoms with Gasteiger partial charge in [0, 0.05) is 30.4 Å². The summed E-state index contributed by atoms with van der Waals surface area (Å²) < 4.78 is 59.5. The maximum Gasteiger partial charge on any atom is 0.431 e. The summed E-state index contributed by atoms with van der Waals surface area (Å²) in [5.41, 5.74) is -2.55. The Hall–Kier alpha value is -2.80. The molecule has 0 unspecified atom stereocenters. The fourth-order valence-electron chi connectivity index (χ4n) is 2.54.